The van der Waals surface area contributed by atoms with Gasteiger partial charge < -0.3 is 27.4 Å². The van der Waals surface area contributed by atoms with Crippen LogP contribution in [0, 0.1) is 0 Å². The maximum atomic E-state index is 2.43. The van der Waals surface area contributed by atoms with Gasteiger partial charge in [-0.3, -0.25) is 0 Å². The van der Waals surface area contributed by atoms with Crippen LogP contribution in [0.15, 0.2) is 546 Å². The Hall–Kier alpha value is -18.9. The number of hydrogen-bond donors (Lipinski definition) is 0. The van der Waals surface area contributed by atoms with E-state index in [4.69, 9.17) is 0 Å². The van der Waals surface area contributed by atoms with Gasteiger partial charge in [0.25, 0.3) is 0 Å². The molecule has 0 amide bonds. The van der Waals surface area contributed by atoms with Gasteiger partial charge in [-0.25, -0.2) is 0 Å². The van der Waals surface area contributed by atoms with Gasteiger partial charge in [0.05, 0.1) is 71.9 Å². The molecule has 0 saturated heterocycles. The number of fused-ring (bicyclic) bond motifs is 19. The number of nitrogens with zero attached hydrogens (tertiary/aromatic N) is 6. The van der Waals surface area contributed by atoms with Crippen molar-refractivity contribution in [3.8, 4) is 112 Å². The SMILES string of the molecule is c1ccc(-c2ccc(-n3c4ccccc4c4cc(-c5ccc6c(c5)c5cc(-c7ccccc7)ccc5n6-c5ccccc5)ccc43)cc2)cc1.c1ccc(-c2ccc3c(c2)c2cc(-c4ccc5c(c4)c4ccccc4n5-c4cccc5ccccc45)ccc2n3-c2ccccc2)cc1.c1ccc(-c2ccc3c(c2)c2cc(-c4ccc5c(c4)c4ccccc4n5-c4ccccc4)ccc2n3-c2ccccc2)cc1. The highest BCUT2D eigenvalue weighted by atomic mass is 15.0. The monoisotopic (exact) mass is 1810 g/mol. The fourth-order valence-corrected chi connectivity index (χ4v) is 22.3. The second-order valence-corrected chi connectivity index (χ2v) is 37.0. The van der Waals surface area contributed by atoms with Gasteiger partial charge in [0.15, 0.2) is 0 Å². The number of rotatable bonds is 13. The molecule has 6 nitrogen and oxygen atoms in total. The summed E-state index contributed by atoms with van der Waals surface area (Å²) in [7, 11) is 0. The number of para-hydroxylation sites is 7. The minimum atomic E-state index is 1.16. The van der Waals surface area contributed by atoms with E-state index >= 15 is 0 Å². The molecule has 0 atom stereocenters. The molecule has 0 radical (unpaired) electrons. The van der Waals surface area contributed by atoms with Crippen LogP contribution in [-0.4, -0.2) is 27.4 Å². The van der Waals surface area contributed by atoms with Gasteiger partial charge in [-0.2, -0.15) is 0 Å². The lowest BCUT2D eigenvalue weighted by Crippen LogP contribution is -1.95. The molecule has 142 heavy (non-hydrogen) atoms. The summed E-state index contributed by atoms with van der Waals surface area (Å²) in [5.41, 5.74) is 38.7. The molecular weight excluding hydrogens is 1720 g/mol. The zero-order chi connectivity index (χ0) is 93.7. The summed E-state index contributed by atoms with van der Waals surface area (Å²) in [5.74, 6) is 0. The molecule has 6 aromatic heterocycles. The van der Waals surface area contributed by atoms with Crippen LogP contribution >= 0.6 is 0 Å². The Morgan fingerprint density at radius 3 is 0.535 bits per heavy atom. The molecule has 6 heterocycles. The first kappa shape index (κ1) is 82.6. The number of aromatic nitrogens is 6. The molecular formula is C136H90N6. The van der Waals surface area contributed by atoms with Crippen molar-refractivity contribution in [3.05, 3.63) is 546 Å². The highest BCUT2D eigenvalue weighted by Gasteiger charge is 2.24. The van der Waals surface area contributed by atoms with Crippen LogP contribution in [-0.2, 0) is 0 Å². The van der Waals surface area contributed by atoms with Gasteiger partial charge in [0, 0.05) is 98.5 Å². The van der Waals surface area contributed by atoms with Crippen LogP contribution in [0.4, 0.5) is 0 Å². The first-order chi connectivity index (χ1) is 70.4. The minimum Gasteiger partial charge on any atom is -0.309 e. The number of hydrogen-bond acceptors (Lipinski definition) is 0. The molecule has 6 heteroatoms. The van der Waals surface area contributed by atoms with Crippen molar-refractivity contribution in [1.82, 2.24) is 27.4 Å². The van der Waals surface area contributed by atoms with E-state index in [0.29, 0.717) is 0 Å². The Balaban J connectivity index is 0.000000107. The molecule has 29 rings (SSSR count). The molecule has 0 N–H and O–H groups in total. The highest BCUT2D eigenvalue weighted by molar-refractivity contribution is 6.18. The lowest BCUT2D eigenvalue weighted by Gasteiger charge is -2.12. The van der Waals surface area contributed by atoms with Crippen LogP contribution < -0.4 is 0 Å². The van der Waals surface area contributed by atoms with Gasteiger partial charge in [0.2, 0.25) is 0 Å². The first-order valence-electron chi connectivity index (χ1n) is 48.8. The average Bonchev–Trinajstić information content (AvgIpc) is 1.59. The van der Waals surface area contributed by atoms with Crippen molar-refractivity contribution in [1.29, 1.82) is 0 Å². The molecule has 0 aliphatic heterocycles. The maximum absolute atomic E-state index is 2.43. The summed E-state index contributed by atoms with van der Waals surface area (Å²) in [6.45, 7) is 0. The van der Waals surface area contributed by atoms with E-state index < -0.39 is 0 Å². The molecule has 0 unspecified atom stereocenters. The molecule has 0 saturated carbocycles. The quantitative estimate of drug-likeness (QED) is 0.110. The maximum Gasteiger partial charge on any atom is 0.0541 e. The zero-order valence-electron chi connectivity index (χ0n) is 77.6. The van der Waals surface area contributed by atoms with E-state index in [1.54, 1.807) is 0 Å². The minimum absolute atomic E-state index is 1.16. The Morgan fingerprint density at radius 1 is 0.0915 bits per heavy atom. The highest BCUT2D eigenvalue weighted by Crippen LogP contribution is 2.47. The third kappa shape index (κ3) is 14.3. The van der Waals surface area contributed by atoms with Crippen LogP contribution in [0.2, 0.25) is 0 Å². The summed E-state index contributed by atoms with van der Waals surface area (Å²) >= 11 is 0. The summed E-state index contributed by atoms with van der Waals surface area (Å²) in [5, 5.41) is 17.6. The van der Waals surface area contributed by atoms with Gasteiger partial charge in [-0.15, -0.1) is 0 Å². The fraction of sp³-hybridized carbons (Fsp3) is 0. The lowest BCUT2D eigenvalue weighted by molar-refractivity contribution is 1.18. The summed E-state index contributed by atoms with van der Waals surface area (Å²) < 4.78 is 14.4. The predicted octanol–water partition coefficient (Wildman–Crippen LogP) is 36.5. The van der Waals surface area contributed by atoms with E-state index in [1.165, 1.54) is 248 Å². The largest absolute Gasteiger partial charge is 0.309 e. The Morgan fingerprint density at radius 2 is 0.261 bits per heavy atom. The van der Waals surface area contributed by atoms with Gasteiger partial charge in [-0.1, -0.05) is 352 Å². The van der Waals surface area contributed by atoms with Crippen molar-refractivity contribution in [2.45, 2.75) is 0 Å². The van der Waals surface area contributed by atoms with E-state index in [2.05, 4.69) is 573 Å². The van der Waals surface area contributed by atoms with Crippen molar-refractivity contribution in [2.24, 2.45) is 0 Å². The topological polar surface area (TPSA) is 29.6 Å². The van der Waals surface area contributed by atoms with Crippen LogP contribution in [0.3, 0.4) is 0 Å². The normalized spacial score (nSPS) is 11.7. The second-order valence-electron chi connectivity index (χ2n) is 37.0. The molecule has 0 fully saturated rings. The van der Waals surface area contributed by atoms with Crippen molar-refractivity contribution in [2.75, 3.05) is 0 Å². The van der Waals surface area contributed by atoms with E-state index in [0.717, 1.165) is 5.69 Å². The van der Waals surface area contributed by atoms with Crippen molar-refractivity contribution < 1.29 is 0 Å². The predicted molar refractivity (Wildman–Crippen MR) is 601 cm³/mol. The first-order valence-corrected chi connectivity index (χ1v) is 48.8. The molecule has 0 aliphatic rings. The van der Waals surface area contributed by atoms with Crippen LogP contribution in [0.5, 0.6) is 0 Å². The van der Waals surface area contributed by atoms with Gasteiger partial charge >= 0.3 is 0 Å². The molecule has 664 valence electrons. The lowest BCUT2D eigenvalue weighted by atomic mass is 9.99. The summed E-state index contributed by atoms with van der Waals surface area (Å²) in [4.78, 5) is 0. The molecule has 0 aliphatic carbocycles. The van der Waals surface area contributed by atoms with E-state index in [9.17, 15) is 0 Å². The molecule has 23 aromatic carbocycles. The Labute approximate surface area is 821 Å². The zero-order valence-corrected chi connectivity index (χ0v) is 77.6. The number of benzene rings is 23. The van der Waals surface area contributed by atoms with Crippen LogP contribution in [0.1, 0.15) is 0 Å². The van der Waals surface area contributed by atoms with Crippen LogP contribution in [0.25, 0.3) is 254 Å². The van der Waals surface area contributed by atoms with E-state index in [-0.39, 0.29) is 0 Å². The van der Waals surface area contributed by atoms with Crippen molar-refractivity contribution >= 4 is 142 Å². The summed E-state index contributed by atoms with van der Waals surface area (Å²) in [6.07, 6.45) is 0. The Bertz CT molecular complexity index is 9920. The average molecular weight is 1810 g/mol. The second kappa shape index (κ2) is 34.7. The van der Waals surface area contributed by atoms with Crippen molar-refractivity contribution in [3.63, 3.8) is 0 Å². The summed E-state index contributed by atoms with van der Waals surface area (Å²) in [6, 6.07) is 198. The Kier molecular flexibility index (Phi) is 20.2. The third-order valence-corrected chi connectivity index (χ3v) is 28.9. The molecule has 0 spiro atoms. The van der Waals surface area contributed by atoms with Gasteiger partial charge in [-0.05, 0) is 277 Å². The molecule has 29 aromatic rings. The molecule has 0 bridgehead atoms. The fourth-order valence-electron chi connectivity index (χ4n) is 22.3. The smallest absolute Gasteiger partial charge is 0.0541 e. The van der Waals surface area contributed by atoms with E-state index in [1.807, 2.05) is 0 Å². The van der Waals surface area contributed by atoms with Gasteiger partial charge in [0.1, 0.15) is 0 Å². The standard InChI is InChI=1S/C48H32N2.C46H30N2.C42H28N2/c1-4-12-33(13-5-1)35-20-25-40(26-21-35)50-45-19-11-10-18-41(45)42-31-37(23-28-46(42)50)38-24-29-48-44(32-38)43-30-36(34-14-6-2-7-15-34)22-27-47(43)49(48)39-16-8-3-9-17-39;1-3-12-31(13-4-1)33-22-25-44-40(28-33)41-30-35(23-26-45(41)47(44)36-16-5-2-6-17-36)34-24-27-46-39(29-34)38-19-9-10-20-43(38)48(46)42-21-11-15-32-14-7-8-18-37(32)42;1-4-12-29(13-5-1)30-20-23-41-37(26-30)38-28-32(22-25-42(38)44(41)34-16-8-3-9-17-34)31-21-24-40-36(27-31)35-18-10-11-19-39(35)43(40)33-14-6-2-7-15-33/h1-32H;1-30H;1-28H. The third-order valence-electron chi connectivity index (χ3n) is 28.9.